The van der Waals surface area contributed by atoms with Gasteiger partial charge in [-0.25, -0.2) is 0 Å². The molecular formula is C20H32N2O4. The second-order valence-corrected chi connectivity index (χ2v) is 7.12. The van der Waals surface area contributed by atoms with E-state index < -0.39 is 0 Å². The van der Waals surface area contributed by atoms with Gasteiger partial charge in [0, 0.05) is 24.2 Å². The number of rotatable bonds is 7. The Kier molecular flexibility index (Phi) is 7.14. The molecule has 0 bridgehead atoms. The minimum absolute atomic E-state index is 0.00987. The van der Waals surface area contributed by atoms with E-state index in [1.807, 2.05) is 0 Å². The summed E-state index contributed by atoms with van der Waals surface area (Å²) in [6.07, 6.45) is 7.15. The first-order valence-electron chi connectivity index (χ1n) is 9.23. The Morgan fingerprint density at radius 1 is 0.962 bits per heavy atom. The third-order valence-corrected chi connectivity index (χ3v) is 5.51. The molecule has 146 valence electrons. The normalized spacial score (nSPS) is 16.7. The highest BCUT2D eigenvalue weighted by atomic mass is 16.5. The molecule has 1 aliphatic carbocycles. The van der Waals surface area contributed by atoms with E-state index in [0.29, 0.717) is 29.4 Å². The number of nitrogens with zero attached hydrogens (tertiary/aromatic N) is 1. The van der Waals surface area contributed by atoms with Crippen molar-refractivity contribution in [1.82, 2.24) is 10.2 Å². The maximum Gasteiger partial charge on any atom is 0.255 e. The smallest absolute Gasteiger partial charge is 0.255 e. The number of amides is 1. The summed E-state index contributed by atoms with van der Waals surface area (Å²) in [5.74, 6) is 1.36. The average Bonchev–Trinajstić information content (AvgIpc) is 2.91. The van der Waals surface area contributed by atoms with Gasteiger partial charge in [-0.05, 0) is 26.9 Å². The second-order valence-electron chi connectivity index (χ2n) is 7.12. The number of hydrogen-bond acceptors (Lipinski definition) is 5. The number of benzene rings is 1. The summed E-state index contributed by atoms with van der Waals surface area (Å²) in [7, 11) is 8.87. The van der Waals surface area contributed by atoms with Crippen molar-refractivity contribution >= 4 is 5.91 Å². The highest BCUT2D eigenvalue weighted by Gasteiger charge is 2.33. The van der Waals surface area contributed by atoms with E-state index in [9.17, 15) is 4.79 Å². The van der Waals surface area contributed by atoms with Crippen LogP contribution in [0.3, 0.4) is 0 Å². The first-order chi connectivity index (χ1) is 12.5. The molecule has 0 saturated heterocycles. The Morgan fingerprint density at radius 3 is 2.00 bits per heavy atom. The zero-order valence-corrected chi connectivity index (χ0v) is 16.7. The van der Waals surface area contributed by atoms with Gasteiger partial charge in [0.1, 0.15) is 5.75 Å². The fraction of sp³-hybridized carbons (Fsp3) is 0.650. The topological polar surface area (TPSA) is 60.0 Å². The quantitative estimate of drug-likeness (QED) is 0.754. The minimum atomic E-state index is -0.159. The molecular weight excluding hydrogens is 332 g/mol. The van der Waals surface area contributed by atoms with Crippen molar-refractivity contribution in [1.29, 1.82) is 0 Å². The Balaban J connectivity index is 2.20. The van der Waals surface area contributed by atoms with Crippen LogP contribution in [0, 0.1) is 0 Å². The molecule has 1 aliphatic rings. The molecule has 0 aliphatic heterocycles. The van der Waals surface area contributed by atoms with Gasteiger partial charge in [-0.3, -0.25) is 4.79 Å². The predicted octanol–water partition coefficient (Wildman–Crippen LogP) is 3.10. The van der Waals surface area contributed by atoms with E-state index >= 15 is 0 Å². The van der Waals surface area contributed by atoms with E-state index in [1.54, 1.807) is 33.5 Å². The average molecular weight is 364 g/mol. The summed E-state index contributed by atoms with van der Waals surface area (Å²) in [5, 5.41) is 3.13. The van der Waals surface area contributed by atoms with E-state index in [4.69, 9.17) is 14.2 Å². The molecule has 1 aromatic rings. The van der Waals surface area contributed by atoms with Gasteiger partial charge in [-0.1, -0.05) is 25.7 Å². The molecule has 0 aromatic heterocycles. The molecule has 0 heterocycles. The first-order valence-corrected chi connectivity index (χ1v) is 9.23. The zero-order chi connectivity index (χ0) is 19.2. The molecule has 0 unspecified atom stereocenters. The van der Waals surface area contributed by atoms with Gasteiger partial charge in [0.2, 0.25) is 0 Å². The van der Waals surface area contributed by atoms with Gasteiger partial charge >= 0.3 is 0 Å². The van der Waals surface area contributed by atoms with Crippen LogP contribution in [0.1, 0.15) is 48.9 Å². The monoisotopic (exact) mass is 364 g/mol. The number of methoxy groups -OCH3 is 3. The highest BCUT2D eigenvalue weighted by Crippen LogP contribution is 2.35. The Labute approximate surface area is 156 Å². The Bertz CT molecular complexity index is 608. The largest absolute Gasteiger partial charge is 0.496 e. The zero-order valence-electron chi connectivity index (χ0n) is 16.7. The van der Waals surface area contributed by atoms with Crippen molar-refractivity contribution in [2.75, 3.05) is 42.0 Å². The molecule has 0 atom stereocenters. The number of ether oxygens (including phenoxy) is 3. The maximum atomic E-state index is 12.9. The van der Waals surface area contributed by atoms with E-state index in [0.717, 1.165) is 12.8 Å². The molecule has 6 heteroatoms. The van der Waals surface area contributed by atoms with Crippen LogP contribution in [-0.4, -0.2) is 58.3 Å². The van der Waals surface area contributed by atoms with E-state index in [-0.39, 0.29) is 11.4 Å². The molecule has 1 N–H and O–H groups in total. The molecule has 0 spiro atoms. The number of nitrogens with one attached hydrogen (secondary N) is 1. The van der Waals surface area contributed by atoms with Crippen LogP contribution in [0.5, 0.6) is 17.2 Å². The van der Waals surface area contributed by atoms with Crippen molar-refractivity contribution in [3.8, 4) is 17.2 Å². The fourth-order valence-corrected chi connectivity index (χ4v) is 3.72. The summed E-state index contributed by atoms with van der Waals surface area (Å²) in [6.45, 7) is 0.621. The van der Waals surface area contributed by atoms with E-state index in [2.05, 4.69) is 24.3 Å². The van der Waals surface area contributed by atoms with Crippen molar-refractivity contribution in [2.45, 2.75) is 44.1 Å². The fourth-order valence-electron chi connectivity index (χ4n) is 3.72. The lowest BCUT2D eigenvalue weighted by molar-refractivity contribution is 0.0866. The van der Waals surface area contributed by atoms with Gasteiger partial charge in [0.05, 0.1) is 26.9 Å². The van der Waals surface area contributed by atoms with Crippen molar-refractivity contribution in [3.63, 3.8) is 0 Å². The van der Waals surface area contributed by atoms with Crippen LogP contribution in [0.4, 0.5) is 0 Å². The molecule has 1 fully saturated rings. The van der Waals surface area contributed by atoms with Crippen LogP contribution in [0.25, 0.3) is 0 Å². The lowest BCUT2D eigenvalue weighted by atomic mass is 9.88. The van der Waals surface area contributed by atoms with Crippen molar-refractivity contribution < 1.29 is 19.0 Å². The number of carbonyl (C=O) groups excluding carboxylic acids is 1. The van der Waals surface area contributed by atoms with Crippen LogP contribution in [-0.2, 0) is 0 Å². The van der Waals surface area contributed by atoms with Crippen molar-refractivity contribution in [3.05, 3.63) is 17.7 Å². The lowest BCUT2D eigenvalue weighted by Gasteiger charge is -2.39. The molecule has 26 heavy (non-hydrogen) atoms. The SMILES string of the molecule is COc1cc(OC)c(C(=O)NCC2(N(C)C)CCCCCC2)cc1OC. The van der Waals surface area contributed by atoms with Crippen molar-refractivity contribution in [2.24, 2.45) is 0 Å². The summed E-state index contributed by atoms with van der Waals surface area (Å²) < 4.78 is 16.0. The Hall–Kier alpha value is -1.95. The third kappa shape index (κ3) is 4.41. The molecule has 1 saturated carbocycles. The van der Waals surface area contributed by atoms with Crippen LogP contribution in [0.15, 0.2) is 12.1 Å². The molecule has 1 amide bonds. The number of hydrogen-bond donors (Lipinski definition) is 1. The standard InChI is InChI=1S/C20H32N2O4/c1-22(2)20(10-8-6-7-9-11-20)14-21-19(23)15-12-17(25-4)18(26-5)13-16(15)24-3/h12-13H,6-11,14H2,1-5H3,(H,21,23). The number of carbonyl (C=O) groups is 1. The molecule has 6 nitrogen and oxygen atoms in total. The molecule has 1 aromatic carbocycles. The van der Waals surface area contributed by atoms with Crippen LogP contribution in [0.2, 0.25) is 0 Å². The van der Waals surface area contributed by atoms with E-state index in [1.165, 1.54) is 25.7 Å². The summed E-state index contributed by atoms with van der Waals surface area (Å²) >= 11 is 0. The van der Waals surface area contributed by atoms with Gasteiger partial charge < -0.3 is 24.4 Å². The summed E-state index contributed by atoms with van der Waals surface area (Å²) in [5.41, 5.74) is 0.461. The van der Waals surface area contributed by atoms with Gasteiger partial charge in [-0.15, -0.1) is 0 Å². The first kappa shape index (κ1) is 20.4. The second kappa shape index (κ2) is 9.12. The maximum absolute atomic E-state index is 12.9. The third-order valence-electron chi connectivity index (χ3n) is 5.51. The summed E-state index contributed by atoms with van der Waals surface area (Å²) in [4.78, 5) is 15.1. The predicted molar refractivity (Wildman–Crippen MR) is 103 cm³/mol. The minimum Gasteiger partial charge on any atom is -0.496 e. The molecule has 2 rings (SSSR count). The van der Waals surface area contributed by atoms with Gasteiger partial charge in [-0.2, -0.15) is 0 Å². The summed E-state index contributed by atoms with van der Waals surface area (Å²) in [6, 6.07) is 3.35. The Morgan fingerprint density at radius 2 is 1.50 bits per heavy atom. The number of likely N-dealkylation sites (N-methyl/N-ethyl adjacent to an activating group) is 1. The van der Waals surface area contributed by atoms with Gasteiger partial charge in [0.25, 0.3) is 5.91 Å². The highest BCUT2D eigenvalue weighted by molar-refractivity contribution is 5.97. The van der Waals surface area contributed by atoms with Crippen LogP contribution < -0.4 is 19.5 Å². The molecule has 0 radical (unpaired) electrons. The van der Waals surface area contributed by atoms with Crippen LogP contribution >= 0.6 is 0 Å². The lowest BCUT2D eigenvalue weighted by Crippen LogP contribution is -2.52. The van der Waals surface area contributed by atoms with Gasteiger partial charge in [0.15, 0.2) is 11.5 Å².